The number of piperazine rings is 1. The van der Waals surface area contributed by atoms with Crippen LogP contribution in [0.1, 0.15) is 31.9 Å². The van der Waals surface area contributed by atoms with Gasteiger partial charge in [0.1, 0.15) is 0 Å². The molecule has 5 rings (SSSR count). The van der Waals surface area contributed by atoms with Crippen LogP contribution >= 0.6 is 0 Å². The summed E-state index contributed by atoms with van der Waals surface area (Å²) >= 11 is 0. The summed E-state index contributed by atoms with van der Waals surface area (Å²) in [6.45, 7) is 11.8. The van der Waals surface area contributed by atoms with Crippen molar-refractivity contribution in [2.24, 2.45) is 13.0 Å². The topological polar surface area (TPSA) is 71.6 Å². The number of amides is 1. The molecule has 0 bridgehead atoms. The summed E-state index contributed by atoms with van der Waals surface area (Å²) in [7, 11) is 1.90. The first-order chi connectivity index (χ1) is 16.8. The van der Waals surface area contributed by atoms with Gasteiger partial charge < -0.3 is 4.90 Å². The van der Waals surface area contributed by atoms with E-state index < -0.39 is 0 Å². The highest BCUT2D eigenvalue weighted by Gasteiger charge is 2.31. The third kappa shape index (κ3) is 4.58. The van der Waals surface area contributed by atoms with Crippen LogP contribution in [-0.2, 0) is 18.4 Å². The smallest absolute Gasteiger partial charge is 0.239 e. The number of fused-ring (bicyclic) bond motifs is 1. The molecule has 1 atom stereocenters. The Morgan fingerprint density at radius 3 is 2.63 bits per heavy atom. The molecule has 4 heterocycles. The van der Waals surface area contributed by atoms with E-state index >= 15 is 0 Å². The molecule has 3 aromatic heterocycles. The Bertz CT molecular complexity index is 1370. The SMILES string of the molecule is Cc1cc(-c2nc(-c3cnn(C)c3)cn3nccc23)ccc1CN1CCN(CC(C)C)C(C)C1=O. The molecule has 0 spiro atoms. The van der Waals surface area contributed by atoms with Crippen molar-refractivity contribution in [2.75, 3.05) is 19.6 Å². The molecule has 0 N–H and O–H groups in total. The van der Waals surface area contributed by atoms with Gasteiger partial charge in [-0.1, -0.05) is 26.0 Å². The maximum absolute atomic E-state index is 13.1. The summed E-state index contributed by atoms with van der Waals surface area (Å²) in [5.41, 5.74) is 6.96. The lowest BCUT2D eigenvalue weighted by Gasteiger charge is -2.40. The first kappa shape index (κ1) is 23.2. The fourth-order valence-electron chi connectivity index (χ4n) is 4.91. The summed E-state index contributed by atoms with van der Waals surface area (Å²) in [5, 5.41) is 8.74. The molecule has 0 saturated carbocycles. The predicted molar refractivity (Wildman–Crippen MR) is 137 cm³/mol. The lowest BCUT2D eigenvalue weighted by Crippen LogP contribution is -2.56. The van der Waals surface area contributed by atoms with Gasteiger partial charge in [-0.05, 0) is 43.0 Å². The second-order valence-corrected chi connectivity index (χ2v) is 10.0. The minimum atomic E-state index is -0.0692. The van der Waals surface area contributed by atoms with E-state index in [2.05, 4.69) is 54.1 Å². The average molecular weight is 472 g/mol. The first-order valence-corrected chi connectivity index (χ1v) is 12.3. The van der Waals surface area contributed by atoms with E-state index in [0.717, 1.165) is 53.2 Å². The fraction of sp³-hybridized carbons (Fsp3) is 0.407. The Morgan fingerprint density at radius 1 is 1.09 bits per heavy atom. The number of carbonyl (C=O) groups excluding carboxylic acids is 1. The van der Waals surface area contributed by atoms with Gasteiger partial charge in [0.05, 0.1) is 41.5 Å². The van der Waals surface area contributed by atoms with Gasteiger partial charge in [0.2, 0.25) is 5.91 Å². The van der Waals surface area contributed by atoms with Gasteiger partial charge >= 0.3 is 0 Å². The Kier molecular flexibility index (Phi) is 6.15. The molecule has 1 fully saturated rings. The molecule has 1 aliphatic rings. The number of aromatic nitrogens is 5. The van der Waals surface area contributed by atoms with Gasteiger partial charge in [0.25, 0.3) is 0 Å². The quantitative estimate of drug-likeness (QED) is 0.428. The Hall–Kier alpha value is -3.52. The van der Waals surface area contributed by atoms with Crippen LogP contribution in [0.3, 0.4) is 0 Å². The lowest BCUT2D eigenvalue weighted by molar-refractivity contribution is -0.142. The third-order valence-electron chi connectivity index (χ3n) is 6.84. The lowest BCUT2D eigenvalue weighted by atomic mass is 10.0. The molecule has 0 aliphatic carbocycles. The first-order valence-electron chi connectivity index (χ1n) is 12.3. The molecule has 4 aromatic rings. The van der Waals surface area contributed by atoms with Crippen molar-refractivity contribution >= 4 is 11.4 Å². The zero-order valence-electron chi connectivity index (χ0n) is 21.1. The van der Waals surface area contributed by atoms with Gasteiger partial charge in [-0.3, -0.25) is 14.4 Å². The highest BCUT2D eigenvalue weighted by Crippen LogP contribution is 2.29. The maximum Gasteiger partial charge on any atom is 0.239 e. The van der Waals surface area contributed by atoms with E-state index in [9.17, 15) is 4.79 Å². The largest absolute Gasteiger partial charge is 0.336 e. The van der Waals surface area contributed by atoms with E-state index in [1.165, 1.54) is 5.56 Å². The standard InChI is InChI=1S/C27H33N7O/c1-18(2)14-32-10-11-33(27(35)20(32)4)16-22-7-6-21(12-19(22)3)26-25-8-9-28-34(25)17-24(30-26)23-13-29-31(5)15-23/h6-9,12-13,15,17-18,20H,10-11,14,16H2,1-5H3. The molecule has 1 aliphatic heterocycles. The molecule has 0 radical (unpaired) electrons. The van der Waals surface area contributed by atoms with Crippen LogP contribution < -0.4 is 0 Å². The van der Waals surface area contributed by atoms with E-state index in [0.29, 0.717) is 12.5 Å². The van der Waals surface area contributed by atoms with Crippen molar-refractivity contribution in [3.63, 3.8) is 0 Å². The van der Waals surface area contributed by atoms with Crippen molar-refractivity contribution in [2.45, 2.75) is 40.3 Å². The molecule has 35 heavy (non-hydrogen) atoms. The molecule has 1 unspecified atom stereocenters. The van der Waals surface area contributed by atoms with Crippen LogP contribution in [0.4, 0.5) is 0 Å². The van der Waals surface area contributed by atoms with Gasteiger partial charge in [0.15, 0.2) is 0 Å². The molecular weight excluding hydrogens is 438 g/mol. The average Bonchev–Trinajstić information content (AvgIpc) is 3.48. The molecule has 1 aromatic carbocycles. The number of hydrogen-bond acceptors (Lipinski definition) is 5. The number of aryl methyl sites for hydroxylation is 2. The zero-order valence-corrected chi connectivity index (χ0v) is 21.1. The minimum absolute atomic E-state index is 0.0692. The van der Waals surface area contributed by atoms with Gasteiger partial charge in [-0.2, -0.15) is 10.2 Å². The van der Waals surface area contributed by atoms with E-state index in [1.54, 1.807) is 10.9 Å². The number of rotatable bonds is 6. The molecular formula is C27H33N7O. The van der Waals surface area contributed by atoms with Crippen molar-refractivity contribution < 1.29 is 4.79 Å². The minimum Gasteiger partial charge on any atom is -0.336 e. The van der Waals surface area contributed by atoms with Crippen LogP contribution in [0.5, 0.6) is 0 Å². The van der Waals surface area contributed by atoms with Crippen LogP contribution in [0.25, 0.3) is 28.0 Å². The maximum atomic E-state index is 13.1. The van der Waals surface area contributed by atoms with E-state index in [4.69, 9.17) is 4.98 Å². The second-order valence-electron chi connectivity index (χ2n) is 10.0. The number of benzene rings is 1. The second kappa shape index (κ2) is 9.26. The highest BCUT2D eigenvalue weighted by molar-refractivity contribution is 5.82. The molecule has 1 amide bonds. The summed E-state index contributed by atoms with van der Waals surface area (Å²) in [6, 6.07) is 8.32. The monoisotopic (exact) mass is 471 g/mol. The third-order valence-corrected chi connectivity index (χ3v) is 6.84. The molecule has 8 heteroatoms. The number of nitrogens with zero attached hydrogens (tertiary/aromatic N) is 7. The van der Waals surface area contributed by atoms with Crippen LogP contribution in [0.2, 0.25) is 0 Å². The summed E-state index contributed by atoms with van der Waals surface area (Å²) in [5.74, 6) is 0.770. The summed E-state index contributed by atoms with van der Waals surface area (Å²) in [4.78, 5) is 22.4. The normalized spacial score (nSPS) is 17.1. The van der Waals surface area contributed by atoms with Gasteiger partial charge in [-0.25, -0.2) is 9.50 Å². The Balaban J connectivity index is 1.41. The number of hydrogen-bond donors (Lipinski definition) is 0. The molecule has 8 nitrogen and oxygen atoms in total. The van der Waals surface area contributed by atoms with Crippen LogP contribution in [0, 0.1) is 12.8 Å². The van der Waals surface area contributed by atoms with Crippen molar-refractivity contribution in [3.8, 4) is 22.5 Å². The summed E-state index contributed by atoms with van der Waals surface area (Å²) in [6.07, 6.45) is 7.49. The van der Waals surface area contributed by atoms with Gasteiger partial charge in [0, 0.05) is 50.6 Å². The highest BCUT2D eigenvalue weighted by atomic mass is 16.2. The zero-order chi connectivity index (χ0) is 24.7. The Morgan fingerprint density at radius 2 is 1.91 bits per heavy atom. The van der Waals surface area contributed by atoms with Crippen LogP contribution in [-0.4, -0.2) is 65.8 Å². The summed E-state index contributed by atoms with van der Waals surface area (Å²) < 4.78 is 3.64. The molecule has 182 valence electrons. The molecule has 1 saturated heterocycles. The van der Waals surface area contributed by atoms with Crippen molar-refractivity contribution in [3.05, 3.63) is 60.2 Å². The van der Waals surface area contributed by atoms with Gasteiger partial charge in [-0.15, -0.1) is 0 Å². The van der Waals surface area contributed by atoms with Crippen molar-refractivity contribution in [1.82, 2.24) is 34.2 Å². The van der Waals surface area contributed by atoms with E-state index in [-0.39, 0.29) is 11.9 Å². The number of carbonyl (C=O) groups is 1. The Labute approximate surface area is 206 Å². The predicted octanol–water partition coefficient (Wildman–Crippen LogP) is 3.79. The van der Waals surface area contributed by atoms with Crippen LogP contribution in [0.15, 0.2) is 49.1 Å². The van der Waals surface area contributed by atoms with Crippen molar-refractivity contribution in [1.29, 1.82) is 0 Å². The fourth-order valence-corrected chi connectivity index (χ4v) is 4.91. The van der Waals surface area contributed by atoms with E-state index in [1.807, 2.05) is 48.0 Å².